The van der Waals surface area contributed by atoms with E-state index < -0.39 is 28.6 Å². The van der Waals surface area contributed by atoms with Crippen LogP contribution in [0.3, 0.4) is 0 Å². The third-order valence-corrected chi connectivity index (χ3v) is 4.83. The van der Waals surface area contributed by atoms with Crippen molar-refractivity contribution in [3.63, 3.8) is 0 Å². The fraction of sp³-hybridized carbons (Fsp3) is 0.118. The van der Waals surface area contributed by atoms with Crippen molar-refractivity contribution in [3.05, 3.63) is 74.7 Å². The lowest BCUT2D eigenvalue weighted by Gasteiger charge is -2.12. The predicted octanol–water partition coefficient (Wildman–Crippen LogP) is 3.55. The molecule has 0 unspecified atom stereocenters. The van der Waals surface area contributed by atoms with Crippen LogP contribution in [0.5, 0.6) is 0 Å². The molecule has 1 heterocycles. The molecule has 9 heteroatoms. The van der Waals surface area contributed by atoms with E-state index in [4.69, 9.17) is 0 Å². The number of thiophene rings is 1. The molecule has 0 aliphatic carbocycles. The summed E-state index contributed by atoms with van der Waals surface area (Å²) in [5.74, 6) is -2.17. The molecule has 0 spiro atoms. The zero-order chi connectivity index (χ0) is 18.8. The second kappa shape index (κ2) is 7.14. The number of hydrogen-bond donors (Lipinski definition) is 2. The van der Waals surface area contributed by atoms with Crippen molar-refractivity contribution in [2.45, 2.75) is 6.10 Å². The molecule has 0 saturated carbocycles. The van der Waals surface area contributed by atoms with Crippen molar-refractivity contribution in [1.29, 1.82) is 0 Å². The van der Waals surface area contributed by atoms with Crippen molar-refractivity contribution < 1.29 is 23.6 Å². The maximum Gasteiger partial charge on any atom is 0.270 e. The molecule has 1 amide bonds. The molecular weight excluding hydrogens is 366 g/mol. The van der Waals surface area contributed by atoms with Crippen LogP contribution in [0.2, 0.25) is 0 Å². The van der Waals surface area contributed by atoms with Gasteiger partial charge in [-0.1, -0.05) is 6.07 Å². The number of carbonyl (C=O) groups excluding carboxylic acids is 1. The quantitative estimate of drug-likeness (QED) is 0.525. The second-order valence-corrected chi connectivity index (χ2v) is 6.57. The Morgan fingerprint density at radius 2 is 2.00 bits per heavy atom. The largest absolute Gasteiger partial charge is 0.386 e. The van der Waals surface area contributed by atoms with Crippen LogP contribution in [0.15, 0.2) is 42.5 Å². The van der Waals surface area contributed by atoms with E-state index in [2.05, 4.69) is 5.32 Å². The summed E-state index contributed by atoms with van der Waals surface area (Å²) in [5.41, 5.74) is -0.205. The summed E-state index contributed by atoms with van der Waals surface area (Å²) in [7, 11) is 0. The van der Waals surface area contributed by atoms with Crippen molar-refractivity contribution in [2.24, 2.45) is 0 Å². The molecule has 3 aromatic rings. The number of aliphatic hydroxyl groups excluding tert-OH is 1. The van der Waals surface area contributed by atoms with Gasteiger partial charge >= 0.3 is 0 Å². The smallest absolute Gasteiger partial charge is 0.270 e. The summed E-state index contributed by atoms with van der Waals surface area (Å²) in [6.45, 7) is -0.268. The van der Waals surface area contributed by atoms with Crippen LogP contribution in [0, 0.1) is 21.7 Å². The molecule has 0 saturated heterocycles. The zero-order valence-electron chi connectivity index (χ0n) is 13.1. The molecule has 0 bridgehead atoms. The molecule has 3 rings (SSSR count). The zero-order valence-corrected chi connectivity index (χ0v) is 13.9. The number of hydrogen-bond acceptors (Lipinski definition) is 5. The lowest BCUT2D eigenvalue weighted by Crippen LogP contribution is -2.28. The van der Waals surface area contributed by atoms with E-state index in [0.717, 1.165) is 23.5 Å². The minimum absolute atomic E-state index is 0.0792. The van der Waals surface area contributed by atoms with Gasteiger partial charge in [-0.15, -0.1) is 11.3 Å². The lowest BCUT2D eigenvalue weighted by molar-refractivity contribution is -0.384. The van der Waals surface area contributed by atoms with Gasteiger partial charge in [0.15, 0.2) is 0 Å². The molecule has 6 nitrogen and oxygen atoms in total. The van der Waals surface area contributed by atoms with Crippen molar-refractivity contribution >= 4 is 33.0 Å². The van der Waals surface area contributed by atoms with Crippen molar-refractivity contribution in [1.82, 2.24) is 5.32 Å². The minimum atomic E-state index is -1.34. The van der Waals surface area contributed by atoms with E-state index in [9.17, 15) is 28.8 Å². The van der Waals surface area contributed by atoms with E-state index in [1.54, 1.807) is 6.07 Å². The Hall–Kier alpha value is -2.91. The number of non-ortho nitro benzene ring substituents is 1. The number of nitro groups is 1. The molecule has 134 valence electrons. The number of fused-ring (bicyclic) bond motifs is 1. The van der Waals surface area contributed by atoms with Gasteiger partial charge in [0.25, 0.3) is 11.6 Å². The SMILES string of the molecule is O=C(NC[C@@H](O)c1ccc(F)cc1F)c1cc2cc([N+](=O)[O-])ccc2s1. The number of benzene rings is 2. The van der Waals surface area contributed by atoms with Crippen molar-refractivity contribution in [2.75, 3.05) is 6.54 Å². The number of carbonyl (C=O) groups is 1. The molecule has 0 aliphatic rings. The first kappa shape index (κ1) is 17.9. The van der Waals surface area contributed by atoms with Gasteiger partial charge in [-0.05, 0) is 18.2 Å². The van der Waals surface area contributed by atoms with E-state index >= 15 is 0 Å². The minimum Gasteiger partial charge on any atom is -0.386 e. The number of halogens is 2. The number of rotatable bonds is 5. The third-order valence-electron chi connectivity index (χ3n) is 3.71. The summed E-state index contributed by atoms with van der Waals surface area (Å²) in [6, 6.07) is 8.56. The molecular formula is C17H12F2N2O4S. The highest BCUT2D eigenvalue weighted by molar-refractivity contribution is 7.20. The normalized spacial score (nSPS) is 12.1. The topological polar surface area (TPSA) is 92.5 Å². The summed E-state index contributed by atoms with van der Waals surface area (Å²) in [5, 5.41) is 23.8. The van der Waals surface area contributed by atoms with Crippen LogP contribution in [0.1, 0.15) is 21.3 Å². The van der Waals surface area contributed by atoms with E-state index in [1.807, 2.05) is 0 Å². The summed E-state index contributed by atoms with van der Waals surface area (Å²) >= 11 is 1.14. The van der Waals surface area contributed by atoms with Gasteiger partial charge in [-0.25, -0.2) is 8.78 Å². The van der Waals surface area contributed by atoms with Crippen LogP contribution >= 0.6 is 11.3 Å². The number of nitro benzene ring substituents is 1. The van der Waals surface area contributed by atoms with Gasteiger partial charge in [0, 0.05) is 40.4 Å². The molecule has 0 radical (unpaired) electrons. The van der Waals surface area contributed by atoms with E-state index in [-0.39, 0.29) is 17.8 Å². The summed E-state index contributed by atoms with van der Waals surface area (Å²) in [6.07, 6.45) is -1.34. The van der Waals surface area contributed by atoms with Gasteiger partial charge in [0.1, 0.15) is 11.6 Å². The Kier molecular flexibility index (Phi) is 4.92. The van der Waals surface area contributed by atoms with E-state index in [1.165, 1.54) is 18.2 Å². The summed E-state index contributed by atoms with van der Waals surface area (Å²) in [4.78, 5) is 22.8. The average molecular weight is 378 g/mol. The molecule has 1 aromatic heterocycles. The molecule has 26 heavy (non-hydrogen) atoms. The Labute approximate surface area is 149 Å². The third kappa shape index (κ3) is 3.68. The Morgan fingerprint density at radius 1 is 1.23 bits per heavy atom. The lowest BCUT2D eigenvalue weighted by atomic mass is 10.1. The number of amides is 1. The number of aliphatic hydroxyl groups is 1. The highest BCUT2D eigenvalue weighted by Crippen LogP contribution is 2.29. The van der Waals surface area contributed by atoms with Crippen LogP contribution < -0.4 is 5.32 Å². The predicted molar refractivity (Wildman–Crippen MR) is 92.1 cm³/mol. The average Bonchev–Trinajstić information content (AvgIpc) is 3.02. The summed E-state index contributed by atoms with van der Waals surface area (Å²) < 4.78 is 27.2. The van der Waals surface area contributed by atoms with Gasteiger partial charge in [0.05, 0.1) is 15.9 Å². The maximum absolute atomic E-state index is 13.6. The van der Waals surface area contributed by atoms with Crippen molar-refractivity contribution in [3.8, 4) is 0 Å². The monoisotopic (exact) mass is 378 g/mol. The van der Waals surface area contributed by atoms with Crippen LogP contribution in [-0.4, -0.2) is 22.5 Å². The number of nitrogens with zero attached hydrogens (tertiary/aromatic N) is 1. The maximum atomic E-state index is 13.6. The fourth-order valence-corrected chi connectivity index (χ4v) is 3.37. The first-order valence-corrected chi connectivity index (χ1v) is 8.26. The highest BCUT2D eigenvalue weighted by atomic mass is 32.1. The fourth-order valence-electron chi connectivity index (χ4n) is 2.41. The van der Waals surface area contributed by atoms with Crippen LogP contribution in [-0.2, 0) is 0 Å². The Balaban J connectivity index is 1.71. The molecule has 0 aliphatic heterocycles. The van der Waals surface area contributed by atoms with Crippen LogP contribution in [0.25, 0.3) is 10.1 Å². The molecule has 0 fully saturated rings. The van der Waals surface area contributed by atoms with Gasteiger partial charge < -0.3 is 10.4 Å². The van der Waals surface area contributed by atoms with Gasteiger partial charge in [-0.3, -0.25) is 14.9 Å². The van der Waals surface area contributed by atoms with Crippen LogP contribution in [0.4, 0.5) is 14.5 Å². The highest BCUT2D eigenvalue weighted by Gasteiger charge is 2.17. The Bertz CT molecular complexity index is 1010. The second-order valence-electron chi connectivity index (χ2n) is 5.48. The van der Waals surface area contributed by atoms with E-state index in [0.29, 0.717) is 21.0 Å². The van der Waals surface area contributed by atoms with Gasteiger partial charge in [0.2, 0.25) is 0 Å². The standard InChI is InChI=1S/C17H12F2N2O4S/c18-10-1-3-12(13(19)7-10)14(22)8-20-17(23)16-6-9-5-11(21(24)25)2-4-15(9)26-16/h1-7,14,22H,8H2,(H,20,23)/t14-/m1/s1. The molecule has 2 N–H and O–H groups in total. The van der Waals surface area contributed by atoms with Gasteiger partial charge in [-0.2, -0.15) is 0 Å². The Morgan fingerprint density at radius 3 is 2.69 bits per heavy atom. The molecule has 2 aromatic carbocycles. The first-order chi connectivity index (χ1) is 12.3. The molecule has 1 atom stereocenters. The first-order valence-electron chi connectivity index (χ1n) is 7.44. The number of nitrogens with one attached hydrogen (secondary N) is 1.